The van der Waals surface area contributed by atoms with E-state index in [1.165, 1.54) is 0 Å². The van der Waals surface area contributed by atoms with E-state index in [0.29, 0.717) is 5.92 Å². The lowest BCUT2D eigenvalue weighted by Gasteiger charge is -1.95. The van der Waals surface area contributed by atoms with Gasteiger partial charge in [0.25, 0.3) is 0 Å². The molecule has 0 aliphatic heterocycles. The lowest BCUT2D eigenvalue weighted by molar-refractivity contribution is -0.144. The molecule has 0 saturated heterocycles. The highest BCUT2D eigenvalue weighted by atomic mass is 16.5. The maximum Gasteiger partial charge on any atom is 0.310 e. The molecule has 1 aliphatic rings. The molecule has 0 radical (unpaired) electrons. The maximum atomic E-state index is 10.8. The molecule has 54 valence electrons. The molecule has 1 saturated carbocycles. The summed E-state index contributed by atoms with van der Waals surface area (Å²) >= 11 is 0. The van der Waals surface area contributed by atoms with Crippen LogP contribution in [0, 0.1) is 23.2 Å². The number of hydrogen-bond donors (Lipinski definition) is 0. The van der Waals surface area contributed by atoms with Crippen LogP contribution in [0.3, 0.4) is 0 Å². The van der Waals surface area contributed by atoms with Gasteiger partial charge >= 0.3 is 5.97 Å². The standard InChI is InChI=1S/C7H9NO2/c1-5-4-6(5)7(9)10-3-2-8/h5-6H,3-4H2,1H3. The van der Waals surface area contributed by atoms with Crippen molar-refractivity contribution in [1.82, 2.24) is 0 Å². The molecule has 0 N–H and O–H groups in total. The number of carbonyl (C=O) groups excluding carboxylic acids is 1. The molecule has 0 aromatic rings. The molecule has 3 heteroatoms. The van der Waals surface area contributed by atoms with Crippen LogP contribution in [0.1, 0.15) is 13.3 Å². The Bertz CT molecular complexity index is 183. The van der Waals surface area contributed by atoms with Gasteiger partial charge in [-0.15, -0.1) is 0 Å². The fourth-order valence-electron chi connectivity index (χ4n) is 0.861. The summed E-state index contributed by atoms with van der Waals surface area (Å²) in [5.41, 5.74) is 0. The molecule has 0 amide bonds. The van der Waals surface area contributed by atoms with Gasteiger partial charge in [0.05, 0.1) is 5.92 Å². The van der Waals surface area contributed by atoms with Crippen molar-refractivity contribution in [2.75, 3.05) is 6.61 Å². The van der Waals surface area contributed by atoms with Crippen molar-refractivity contribution in [2.24, 2.45) is 11.8 Å². The largest absolute Gasteiger partial charge is 0.450 e. The smallest absolute Gasteiger partial charge is 0.310 e. The predicted octanol–water partition coefficient (Wildman–Crippen LogP) is 0.709. The molecule has 0 heterocycles. The van der Waals surface area contributed by atoms with Crippen LogP contribution in [0.4, 0.5) is 0 Å². The normalized spacial score (nSPS) is 28.8. The Kier molecular flexibility index (Phi) is 1.91. The van der Waals surface area contributed by atoms with E-state index in [9.17, 15) is 4.79 Å². The van der Waals surface area contributed by atoms with Crippen molar-refractivity contribution in [3.8, 4) is 6.07 Å². The van der Waals surface area contributed by atoms with Crippen LogP contribution in [0.5, 0.6) is 0 Å². The average Bonchev–Trinajstić information content (AvgIpc) is 2.62. The van der Waals surface area contributed by atoms with Crippen LogP contribution in [-0.2, 0) is 9.53 Å². The molecule has 1 rings (SSSR count). The Hall–Kier alpha value is -1.04. The van der Waals surface area contributed by atoms with Crippen LogP contribution >= 0.6 is 0 Å². The molecular weight excluding hydrogens is 130 g/mol. The van der Waals surface area contributed by atoms with Gasteiger partial charge in [0.2, 0.25) is 0 Å². The quantitative estimate of drug-likeness (QED) is 0.529. The van der Waals surface area contributed by atoms with Crippen molar-refractivity contribution in [3.63, 3.8) is 0 Å². The molecule has 0 aromatic carbocycles. The van der Waals surface area contributed by atoms with Crippen molar-refractivity contribution in [3.05, 3.63) is 0 Å². The molecule has 1 aliphatic carbocycles. The minimum absolute atomic E-state index is 0.0772. The molecule has 2 unspecified atom stereocenters. The van der Waals surface area contributed by atoms with E-state index in [1.54, 1.807) is 6.07 Å². The zero-order valence-electron chi connectivity index (χ0n) is 5.83. The molecular formula is C7H9NO2. The number of esters is 1. The Morgan fingerprint density at radius 1 is 1.90 bits per heavy atom. The molecule has 3 nitrogen and oxygen atoms in total. The number of nitriles is 1. The third-order valence-corrected chi connectivity index (χ3v) is 1.69. The summed E-state index contributed by atoms with van der Waals surface area (Å²) in [7, 11) is 0. The van der Waals surface area contributed by atoms with Crippen LogP contribution in [0.25, 0.3) is 0 Å². The first-order valence-corrected chi connectivity index (χ1v) is 3.29. The van der Waals surface area contributed by atoms with Crippen molar-refractivity contribution in [1.29, 1.82) is 5.26 Å². The van der Waals surface area contributed by atoms with Gasteiger partial charge in [0.1, 0.15) is 6.07 Å². The zero-order valence-corrected chi connectivity index (χ0v) is 5.83. The van der Waals surface area contributed by atoms with E-state index in [-0.39, 0.29) is 18.5 Å². The second-order valence-corrected chi connectivity index (χ2v) is 2.59. The van der Waals surface area contributed by atoms with E-state index in [2.05, 4.69) is 4.74 Å². The van der Waals surface area contributed by atoms with Crippen LogP contribution in [0.2, 0.25) is 0 Å². The van der Waals surface area contributed by atoms with E-state index >= 15 is 0 Å². The molecule has 10 heavy (non-hydrogen) atoms. The molecule has 0 spiro atoms. The first-order chi connectivity index (χ1) is 4.75. The Morgan fingerprint density at radius 2 is 2.50 bits per heavy atom. The number of hydrogen-bond acceptors (Lipinski definition) is 3. The number of carbonyl (C=O) groups is 1. The van der Waals surface area contributed by atoms with E-state index in [1.807, 2.05) is 6.92 Å². The maximum absolute atomic E-state index is 10.8. The van der Waals surface area contributed by atoms with Gasteiger partial charge in [0.15, 0.2) is 6.61 Å². The van der Waals surface area contributed by atoms with Gasteiger partial charge in [-0.05, 0) is 12.3 Å². The Balaban J connectivity index is 2.18. The molecule has 2 atom stereocenters. The van der Waals surface area contributed by atoms with Gasteiger partial charge in [-0.2, -0.15) is 5.26 Å². The lowest BCUT2D eigenvalue weighted by atomic mass is 10.3. The van der Waals surface area contributed by atoms with E-state index in [4.69, 9.17) is 5.26 Å². The fraction of sp³-hybridized carbons (Fsp3) is 0.714. The third-order valence-electron chi connectivity index (χ3n) is 1.69. The highest BCUT2D eigenvalue weighted by Crippen LogP contribution is 2.38. The van der Waals surface area contributed by atoms with E-state index < -0.39 is 0 Å². The molecule has 1 fully saturated rings. The number of rotatable bonds is 2. The topological polar surface area (TPSA) is 50.1 Å². The summed E-state index contributed by atoms with van der Waals surface area (Å²) in [4.78, 5) is 10.8. The summed E-state index contributed by atoms with van der Waals surface area (Å²) in [6.45, 7) is 1.89. The highest BCUT2D eigenvalue weighted by molar-refractivity contribution is 5.75. The number of nitrogens with zero attached hydrogens (tertiary/aromatic N) is 1. The second-order valence-electron chi connectivity index (χ2n) is 2.59. The highest BCUT2D eigenvalue weighted by Gasteiger charge is 2.40. The summed E-state index contributed by atoms with van der Waals surface area (Å²) < 4.78 is 4.59. The van der Waals surface area contributed by atoms with Crippen LogP contribution in [-0.4, -0.2) is 12.6 Å². The monoisotopic (exact) mass is 139 g/mol. The molecule has 0 aromatic heterocycles. The summed E-state index contributed by atoms with van der Waals surface area (Å²) in [5.74, 6) is 0.327. The van der Waals surface area contributed by atoms with Gasteiger partial charge in [-0.3, -0.25) is 4.79 Å². The van der Waals surface area contributed by atoms with Crippen molar-refractivity contribution in [2.45, 2.75) is 13.3 Å². The van der Waals surface area contributed by atoms with Gasteiger partial charge in [-0.1, -0.05) is 6.92 Å². The third kappa shape index (κ3) is 1.47. The predicted molar refractivity (Wildman–Crippen MR) is 33.8 cm³/mol. The summed E-state index contributed by atoms with van der Waals surface area (Å²) in [5, 5.41) is 8.06. The fourth-order valence-corrected chi connectivity index (χ4v) is 0.861. The Labute approximate surface area is 59.6 Å². The first kappa shape index (κ1) is 7.07. The summed E-state index contributed by atoms with van der Waals surface area (Å²) in [6, 6.07) is 1.75. The second kappa shape index (κ2) is 2.70. The van der Waals surface area contributed by atoms with Crippen LogP contribution in [0.15, 0.2) is 0 Å². The van der Waals surface area contributed by atoms with Crippen molar-refractivity contribution >= 4 is 5.97 Å². The molecule has 0 bridgehead atoms. The minimum Gasteiger partial charge on any atom is -0.450 e. The van der Waals surface area contributed by atoms with E-state index in [0.717, 1.165) is 6.42 Å². The zero-order chi connectivity index (χ0) is 7.56. The SMILES string of the molecule is CC1CC1C(=O)OCC#N. The number of ether oxygens (including phenoxy) is 1. The van der Waals surface area contributed by atoms with Crippen LogP contribution < -0.4 is 0 Å². The van der Waals surface area contributed by atoms with Gasteiger partial charge in [-0.25, -0.2) is 0 Å². The average molecular weight is 139 g/mol. The van der Waals surface area contributed by atoms with Crippen molar-refractivity contribution < 1.29 is 9.53 Å². The lowest BCUT2D eigenvalue weighted by Crippen LogP contribution is -2.07. The van der Waals surface area contributed by atoms with Gasteiger partial charge < -0.3 is 4.74 Å². The van der Waals surface area contributed by atoms with Gasteiger partial charge in [0, 0.05) is 0 Å². The summed E-state index contributed by atoms with van der Waals surface area (Å²) in [6.07, 6.45) is 0.921. The minimum atomic E-state index is -0.214. The Morgan fingerprint density at radius 3 is 2.90 bits per heavy atom. The first-order valence-electron chi connectivity index (χ1n) is 3.29.